The SMILES string of the molecule is COC[C@@H](OC(C)=O)[C@@H](OC)[C@H](COC(C)=O)OC. The Balaban J connectivity index is 4.75. The maximum atomic E-state index is 11.1. The molecule has 7 nitrogen and oxygen atoms in total. The van der Waals surface area contributed by atoms with Gasteiger partial charge in [-0.15, -0.1) is 0 Å². The highest BCUT2D eigenvalue weighted by molar-refractivity contribution is 5.66. The molecule has 7 heteroatoms. The second-order valence-corrected chi connectivity index (χ2v) is 3.88. The van der Waals surface area contributed by atoms with Gasteiger partial charge in [-0.2, -0.15) is 0 Å². The molecule has 0 rings (SSSR count). The fraction of sp³-hybridized carbons (Fsp3) is 0.833. The molecule has 112 valence electrons. The molecule has 0 fully saturated rings. The van der Waals surface area contributed by atoms with Crippen LogP contribution in [0.25, 0.3) is 0 Å². The van der Waals surface area contributed by atoms with Crippen molar-refractivity contribution in [2.24, 2.45) is 0 Å². The Labute approximate surface area is 113 Å². The average Bonchev–Trinajstić information content (AvgIpc) is 2.33. The van der Waals surface area contributed by atoms with Crippen LogP contribution in [0, 0.1) is 0 Å². The summed E-state index contributed by atoms with van der Waals surface area (Å²) in [6.07, 6.45) is -1.81. The van der Waals surface area contributed by atoms with Crippen molar-refractivity contribution < 1.29 is 33.3 Å². The highest BCUT2D eigenvalue weighted by Crippen LogP contribution is 2.13. The second-order valence-electron chi connectivity index (χ2n) is 3.88. The number of carbonyl (C=O) groups is 2. The van der Waals surface area contributed by atoms with Gasteiger partial charge in [0.25, 0.3) is 0 Å². The van der Waals surface area contributed by atoms with Crippen LogP contribution < -0.4 is 0 Å². The molecule has 3 atom stereocenters. The van der Waals surface area contributed by atoms with Crippen molar-refractivity contribution in [3.05, 3.63) is 0 Å². The van der Waals surface area contributed by atoms with Gasteiger partial charge in [-0.3, -0.25) is 9.59 Å². The van der Waals surface area contributed by atoms with Crippen LogP contribution in [0.15, 0.2) is 0 Å². The third-order valence-corrected chi connectivity index (χ3v) is 2.41. The van der Waals surface area contributed by atoms with Crippen LogP contribution in [-0.2, 0) is 33.3 Å². The number of carbonyl (C=O) groups excluding carboxylic acids is 2. The molecule has 19 heavy (non-hydrogen) atoms. The summed E-state index contributed by atoms with van der Waals surface area (Å²) in [6.45, 7) is 2.75. The van der Waals surface area contributed by atoms with Crippen LogP contribution in [-0.4, -0.2) is 64.8 Å². The molecule has 0 aliphatic heterocycles. The van der Waals surface area contributed by atoms with Crippen LogP contribution in [0.3, 0.4) is 0 Å². The Morgan fingerprint density at radius 1 is 0.895 bits per heavy atom. The monoisotopic (exact) mass is 278 g/mol. The van der Waals surface area contributed by atoms with Crippen LogP contribution in [0.5, 0.6) is 0 Å². The quantitative estimate of drug-likeness (QED) is 0.556. The summed E-state index contributed by atoms with van der Waals surface area (Å²) in [5.74, 6) is -0.876. The van der Waals surface area contributed by atoms with Gasteiger partial charge >= 0.3 is 11.9 Å². The number of esters is 2. The van der Waals surface area contributed by atoms with Gasteiger partial charge in [0.2, 0.25) is 0 Å². The minimum Gasteiger partial charge on any atom is -0.463 e. The van der Waals surface area contributed by atoms with Gasteiger partial charge < -0.3 is 23.7 Å². The predicted octanol–water partition coefficient (Wildman–Crippen LogP) is 0.158. The van der Waals surface area contributed by atoms with Crippen LogP contribution in [0.2, 0.25) is 0 Å². The third-order valence-electron chi connectivity index (χ3n) is 2.41. The summed E-state index contributed by atoms with van der Waals surface area (Å²) in [5.41, 5.74) is 0. The first-order valence-electron chi connectivity index (χ1n) is 5.81. The molecule has 0 amide bonds. The van der Waals surface area contributed by atoms with E-state index in [0.29, 0.717) is 0 Å². The van der Waals surface area contributed by atoms with Crippen molar-refractivity contribution in [3.8, 4) is 0 Å². The van der Waals surface area contributed by atoms with Crippen molar-refractivity contribution in [2.75, 3.05) is 34.5 Å². The third kappa shape index (κ3) is 7.09. The van der Waals surface area contributed by atoms with E-state index in [1.165, 1.54) is 35.2 Å². The Hall–Kier alpha value is -1.18. The van der Waals surface area contributed by atoms with Crippen LogP contribution >= 0.6 is 0 Å². The molecule has 0 saturated heterocycles. The molecule has 0 aliphatic rings. The van der Waals surface area contributed by atoms with Crippen molar-refractivity contribution in [1.29, 1.82) is 0 Å². The van der Waals surface area contributed by atoms with Gasteiger partial charge in [0.1, 0.15) is 18.8 Å². The lowest BCUT2D eigenvalue weighted by Crippen LogP contribution is -2.47. The molecule has 0 aromatic carbocycles. The number of ether oxygens (including phenoxy) is 5. The molecule has 0 aromatic rings. The molecule has 0 bridgehead atoms. The van der Waals surface area contributed by atoms with Gasteiger partial charge in [0.05, 0.1) is 6.61 Å². The van der Waals surface area contributed by atoms with Crippen LogP contribution in [0.4, 0.5) is 0 Å². The predicted molar refractivity (Wildman–Crippen MR) is 65.7 cm³/mol. The molecule has 0 aromatic heterocycles. The fourth-order valence-electron chi connectivity index (χ4n) is 1.61. The second kappa shape index (κ2) is 9.71. The smallest absolute Gasteiger partial charge is 0.303 e. The number of methoxy groups -OCH3 is 3. The molecule has 0 saturated carbocycles. The van der Waals surface area contributed by atoms with E-state index in [-0.39, 0.29) is 13.2 Å². The molecule has 0 unspecified atom stereocenters. The van der Waals surface area contributed by atoms with Gasteiger partial charge in [0, 0.05) is 35.2 Å². The van der Waals surface area contributed by atoms with Crippen molar-refractivity contribution >= 4 is 11.9 Å². The first-order valence-corrected chi connectivity index (χ1v) is 5.81. The van der Waals surface area contributed by atoms with E-state index in [1.54, 1.807) is 0 Å². The summed E-state index contributed by atoms with van der Waals surface area (Å²) < 4.78 is 25.5. The summed E-state index contributed by atoms with van der Waals surface area (Å²) in [7, 11) is 4.39. The van der Waals surface area contributed by atoms with E-state index in [0.717, 1.165) is 0 Å². The zero-order valence-corrected chi connectivity index (χ0v) is 12.0. The first-order chi connectivity index (χ1) is 8.96. The molecular formula is C12H22O7. The summed E-state index contributed by atoms with van der Waals surface area (Å²) in [4.78, 5) is 21.9. The fourth-order valence-corrected chi connectivity index (χ4v) is 1.61. The van der Waals surface area contributed by atoms with Crippen LogP contribution in [0.1, 0.15) is 13.8 Å². The van der Waals surface area contributed by atoms with E-state index in [2.05, 4.69) is 0 Å². The first kappa shape index (κ1) is 17.8. The molecule has 0 heterocycles. The van der Waals surface area contributed by atoms with E-state index < -0.39 is 30.3 Å². The standard InChI is InChI=1S/C12H22O7/c1-8(13)18-7-10(16-4)12(17-5)11(6-15-3)19-9(2)14/h10-12H,6-7H2,1-5H3/t10-,11+,12-/m0/s1. The Kier molecular flexibility index (Phi) is 9.11. The highest BCUT2D eigenvalue weighted by Gasteiger charge is 2.33. The summed E-state index contributed by atoms with van der Waals surface area (Å²) >= 11 is 0. The molecule has 0 radical (unpaired) electrons. The lowest BCUT2D eigenvalue weighted by atomic mass is 10.1. The van der Waals surface area contributed by atoms with E-state index in [1.807, 2.05) is 0 Å². The van der Waals surface area contributed by atoms with Gasteiger partial charge in [-0.25, -0.2) is 0 Å². The lowest BCUT2D eigenvalue weighted by molar-refractivity contribution is -0.175. The topological polar surface area (TPSA) is 80.3 Å². The normalized spacial score (nSPS) is 15.4. The summed E-state index contributed by atoms with van der Waals surface area (Å²) in [5, 5.41) is 0. The Morgan fingerprint density at radius 2 is 1.53 bits per heavy atom. The zero-order chi connectivity index (χ0) is 14.8. The minimum absolute atomic E-state index is 0.00577. The largest absolute Gasteiger partial charge is 0.463 e. The average molecular weight is 278 g/mol. The highest BCUT2D eigenvalue weighted by atomic mass is 16.6. The van der Waals surface area contributed by atoms with E-state index >= 15 is 0 Å². The molecule has 0 N–H and O–H groups in total. The molecule has 0 spiro atoms. The Morgan fingerprint density at radius 3 is 1.89 bits per heavy atom. The molecule has 0 aliphatic carbocycles. The van der Waals surface area contributed by atoms with Gasteiger partial charge in [-0.05, 0) is 0 Å². The number of hydrogen-bond donors (Lipinski definition) is 0. The van der Waals surface area contributed by atoms with Crippen molar-refractivity contribution in [2.45, 2.75) is 32.2 Å². The van der Waals surface area contributed by atoms with E-state index in [4.69, 9.17) is 23.7 Å². The van der Waals surface area contributed by atoms with E-state index in [9.17, 15) is 9.59 Å². The summed E-state index contributed by atoms with van der Waals surface area (Å²) in [6, 6.07) is 0. The maximum absolute atomic E-state index is 11.1. The molecular weight excluding hydrogens is 256 g/mol. The van der Waals surface area contributed by atoms with Crippen molar-refractivity contribution in [3.63, 3.8) is 0 Å². The Bertz CT molecular complexity index is 279. The van der Waals surface area contributed by atoms with Gasteiger partial charge in [-0.1, -0.05) is 0 Å². The lowest BCUT2D eigenvalue weighted by Gasteiger charge is -2.30. The zero-order valence-electron chi connectivity index (χ0n) is 12.0. The number of hydrogen-bond acceptors (Lipinski definition) is 7. The maximum Gasteiger partial charge on any atom is 0.303 e. The van der Waals surface area contributed by atoms with Gasteiger partial charge in [0.15, 0.2) is 6.10 Å². The minimum atomic E-state index is -0.645. The van der Waals surface area contributed by atoms with Crippen molar-refractivity contribution in [1.82, 2.24) is 0 Å². The number of rotatable bonds is 9.